The Morgan fingerprint density at radius 1 is 1.04 bits per heavy atom. The molecule has 3 aromatic rings. The summed E-state index contributed by atoms with van der Waals surface area (Å²) in [5, 5.41) is 5.02. The molecule has 1 aliphatic rings. The van der Waals surface area contributed by atoms with Gasteiger partial charge in [-0.05, 0) is 17.7 Å². The molecule has 0 bridgehead atoms. The second kappa shape index (κ2) is 7.59. The van der Waals surface area contributed by atoms with Gasteiger partial charge in [-0.2, -0.15) is 9.78 Å². The van der Waals surface area contributed by atoms with Crippen LogP contribution in [0.25, 0.3) is 10.9 Å². The number of aromatic nitrogens is 2. The number of nitrogens with zero attached hydrogens (tertiary/aromatic N) is 4. The Morgan fingerprint density at radius 3 is 2.58 bits per heavy atom. The molecular weight excluding hydrogens is 328 g/mol. The molecule has 0 atom stereocenters. The van der Waals surface area contributed by atoms with Crippen molar-refractivity contribution < 1.29 is 4.74 Å². The van der Waals surface area contributed by atoms with Gasteiger partial charge in [-0.1, -0.05) is 42.5 Å². The Bertz CT molecular complexity index is 976. The van der Waals surface area contributed by atoms with Crippen molar-refractivity contribution >= 4 is 17.1 Å². The molecule has 6 nitrogen and oxygen atoms in total. The molecule has 0 unspecified atom stereocenters. The van der Waals surface area contributed by atoms with E-state index in [1.807, 2.05) is 48.5 Å². The van der Waals surface area contributed by atoms with Crippen LogP contribution in [0.4, 0.5) is 0 Å². The minimum atomic E-state index is -0.147. The standard InChI is InChI=1S/C20H20N4O2/c25-20-17-8-4-5-9-18(17)22-19(15-23-10-12-26-13-11-23)24(20)21-14-16-6-2-1-3-7-16/h1-9,14H,10-13,15H2. The summed E-state index contributed by atoms with van der Waals surface area (Å²) in [6.45, 7) is 3.61. The fourth-order valence-corrected chi connectivity index (χ4v) is 3.01. The summed E-state index contributed by atoms with van der Waals surface area (Å²) in [7, 11) is 0. The molecule has 132 valence electrons. The Morgan fingerprint density at radius 2 is 1.77 bits per heavy atom. The fraction of sp³-hybridized carbons (Fsp3) is 0.250. The van der Waals surface area contributed by atoms with Crippen molar-refractivity contribution in [1.29, 1.82) is 0 Å². The van der Waals surface area contributed by atoms with Crippen molar-refractivity contribution in [2.24, 2.45) is 5.10 Å². The third-order valence-electron chi connectivity index (χ3n) is 4.41. The van der Waals surface area contributed by atoms with E-state index in [1.54, 1.807) is 12.3 Å². The predicted molar refractivity (Wildman–Crippen MR) is 102 cm³/mol. The zero-order valence-electron chi connectivity index (χ0n) is 14.4. The van der Waals surface area contributed by atoms with Crippen LogP contribution >= 0.6 is 0 Å². The van der Waals surface area contributed by atoms with Crippen LogP contribution in [0.3, 0.4) is 0 Å². The highest BCUT2D eigenvalue weighted by molar-refractivity contribution is 5.80. The molecule has 4 rings (SSSR count). The fourth-order valence-electron chi connectivity index (χ4n) is 3.01. The third-order valence-corrected chi connectivity index (χ3v) is 4.41. The van der Waals surface area contributed by atoms with E-state index in [4.69, 9.17) is 9.72 Å². The zero-order chi connectivity index (χ0) is 17.8. The van der Waals surface area contributed by atoms with Gasteiger partial charge in [0.05, 0.1) is 36.9 Å². The van der Waals surface area contributed by atoms with Gasteiger partial charge in [-0.15, -0.1) is 0 Å². The average Bonchev–Trinajstić information content (AvgIpc) is 2.69. The van der Waals surface area contributed by atoms with E-state index < -0.39 is 0 Å². The molecule has 0 amide bonds. The van der Waals surface area contributed by atoms with E-state index in [0.717, 1.165) is 18.7 Å². The quantitative estimate of drug-likeness (QED) is 0.678. The lowest BCUT2D eigenvalue weighted by atomic mass is 10.2. The van der Waals surface area contributed by atoms with Crippen LogP contribution in [0.5, 0.6) is 0 Å². The summed E-state index contributed by atoms with van der Waals surface area (Å²) in [6.07, 6.45) is 1.70. The summed E-state index contributed by atoms with van der Waals surface area (Å²) in [6, 6.07) is 17.1. The minimum absolute atomic E-state index is 0.147. The topological polar surface area (TPSA) is 59.7 Å². The summed E-state index contributed by atoms with van der Waals surface area (Å²) in [5.41, 5.74) is 1.49. The first-order valence-electron chi connectivity index (χ1n) is 8.71. The van der Waals surface area contributed by atoms with Gasteiger partial charge < -0.3 is 4.74 Å². The van der Waals surface area contributed by atoms with Crippen molar-refractivity contribution in [2.75, 3.05) is 26.3 Å². The first kappa shape index (κ1) is 16.6. The largest absolute Gasteiger partial charge is 0.379 e. The van der Waals surface area contributed by atoms with E-state index in [0.29, 0.717) is 36.5 Å². The average molecular weight is 348 g/mol. The van der Waals surface area contributed by atoms with E-state index in [2.05, 4.69) is 10.0 Å². The van der Waals surface area contributed by atoms with Gasteiger partial charge in [-0.3, -0.25) is 9.69 Å². The van der Waals surface area contributed by atoms with Crippen LogP contribution in [-0.4, -0.2) is 47.1 Å². The zero-order valence-corrected chi connectivity index (χ0v) is 14.4. The summed E-state index contributed by atoms with van der Waals surface area (Å²) in [4.78, 5) is 19.9. The minimum Gasteiger partial charge on any atom is -0.379 e. The lowest BCUT2D eigenvalue weighted by molar-refractivity contribution is 0.0325. The maximum absolute atomic E-state index is 13.0. The number of morpholine rings is 1. The van der Waals surface area contributed by atoms with E-state index in [9.17, 15) is 4.79 Å². The molecule has 0 saturated carbocycles. The Balaban J connectivity index is 1.77. The van der Waals surface area contributed by atoms with Crippen LogP contribution in [-0.2, 0) is 11.3 Å². The lowest BCUT2D eigenvalue weighted by Gasteiger charge is -2.26. The van der Waals surface area contributed by atoms with Gasteiger partial charge >= 0.3 is 0 Å². The van der Waals surface area contributed by atoms with Crippen LogP contribution in [0.15, 0.2) is 64.5 Å². The Hall–Kier alpha value is -2.83. The van der Waals surface area contributed by atoms with Gasteiger partial charge in [0.2, 0.25) is 0 Å². The second-order valence-electron chi connectivity index (χ2n) is 6.21. The number of fused-ring (bicyclic) bond motifs is 1. The van der Waals surface area contributed by atoms with Crippen LogP contribution < -0.4 is 5.56 Å². The molecule has 26 heavy (non-hydrogen) atoms. The third kappa shape index (κ3) is 3.56. The van der Waals surface area contributed by atoms with Crippen molar-refractivity contribution in [2.45, 2.75) is 6.54 Å². The van der Waals surface area contributed by atoms with Gasteiger partial charge in [0.15, 0.2) is 0 Å². The van der Waals surface area contributed by atoms with Crippen LogP contribution in [0.2, 0.25) is 0 Å². The second-order valence-corrected chi connectivity index (χ2v) is 6.21. The van der Waals surface area contributed by atoms with Gasteiger partial charge in [0, 0.05) is 13.1 Å². The smallest absolute Gasteiger partial charge is 0.282 e. The Labute approximate surface area is 151 Å². The lowest BCUT2D eigenvalue weighted by Crippen LogP contribution is -2.37. The normalized spacial score (nSPS) is 15.7. The number of hydrogen-bond acceptors (Lipinski definition) is 5. The maximum atomic E-state index is 13.0. The molecule has 0 N–H and O–H groups in total. The van der Waals surface area contributed by atoms with Crippen molar-refractivity contribution in [3.63, 3.8) is 0 Å². The molecular formula is C20H20N4O2. The molecule has 2 aromatic carbocycles. The number of hydrogen-bond donors (Lipinski definition) is 0. The number of ether oxygens (including phenoxy) is 1. The van der Waals surface area contributed by atoms with E-state index in [1.165, 1.54) is 4.68 Å². The Kier molecular flexibility index (Phi) is 4.86. The monoisotopic (exact) mass is 348 g/mol. The number of benzene rings is 2. The summed E-state index contributed by atoms with van der Waals surface area (Å²) < 4.78 is 6.83. The molecule has 0 radical (unpaired) electrons. The molecule has 1 saturated heterocycles. The highest BCUT2D eigenvalue weighted by Crippen LogP contribution is 2.11. The molecule has 6 heteroatoms. The number of para-hydroxylation sites is 1. The molecule has 1 aromatic heterocycles. The first-order chi connectivity index (χ1) is 12.8. The SMILES string of the molecule is O=c1c2ccccc2nc(CN2CCOCC2)n1N=Cc1ccccc1. The van der Waals surface area contributed by atoms with Gasteiger partial charge in [0.25, 0.3) is 5.56 Å². The van der Waals surface area contributed by atoms with Gasteiger partial charge in [0.1, 0.15) is 5.82 Å². The highest BCUT2D eigenvalue weighted by Gasteiger charge is 2.16. The summed E-state index contributed by atoms with van der Waals surface area (Å²) >= 11 is 0. The van der Waals surface area contributed by atoms with Crippen LogP contribution in [0, 0.1) is 0 Å². The van der Waals surface area contributed by atoms with Crippen LogP contribution in [0.1, 0.15) is 11.4 Å². The molecule has 1 fully saturated rings. The molecule has 1 aliphatic heterocycles. The van der Waals surface area contributed by atoms with Crippen molar-refractivity contribution in [3.05, 3.63) is 76.3 Å². The van der Waals surface area contributed by atoms with Crippen molar-refractivity contribution in [3.8, 4) is 0 Å². The van der Waals surface area contributed by atoms with Gasteiger partial charge in [-0.25, -0.2) is 4.98 Å². The summed E-state index contributed by atoms with van der Waals surface area (Å²) in [5.74, 6) is 0.641. The molecule has 2 heterocycles. The highest BCUT2D eigenvalue weighted by atomic mass is 16.5. The predicted octanol–water partition coefficient (Wildman–Crippen LogP) is 2.11. The van der Waals surface area contributed by atoms with Crippen molar-refractivity contribution in [1.82, 2.24) is 14.6 Å². The number of rotatable bonds is 4. The first-order valence-corrected chi connectivity index (χ1v) is 8.71. The molecule has 0 aliphatic carbocycles. The van der Waals surface area contributed by atoms with E-state index >= 15 is 0 Å². The molecule has 0 spiro atoms. The maximum Gasteiger partial charge on any atom is 0.282 e. The van der Waals surface area contributed by atoms with E-state index in [-0.39, 0.29) is 5.56 Å².